The van der Waals surface area contributed by atoms with Gasteiger partial charge < -0.3 is 10.1 Å². The lowest BCUT2D eigenvalue weighted by Gasteiger charge is -2.11. The van der Waals surface area contributed by atoms with E-state index < -0.39 is 10.0 Å². The van der Waals surface area contributed by atoms with Gasteiger partial charge in [-0.3, -0.25) is 0 Å². The van der Waals surface area contributed by atoms with E-state index in [4.69, 9.17) is 9.88 Å². The summed E-state index contributed by atoms with van der Waals surface area (Å²) in [5, 5.41) is 8.64. The van der Waals surface area contributed by atoms with Gasteiger partial charge in [0.15, 0.2) is 11.6 Å². The third kappa shape index (κ3) is 3.27. The first-order valence-electron chi connectivity index (χ1n) is 9.16. The van der Waals surface area contributed by atoms with Gasteiger partial charge in [0.2, 0.25) is 10.0 Å². The van der Waals surface area contributed by atoms with E-state index in [2.05, 4.69) is 15.3 Å². The average Bonchev–Trinajstić information content (AvgIpc) is 3.00. The van der Waals surface area contributed by atoms with E-state index in [1.54, 1.807) is 25.4 Å². The van der Waals surface area contributed by atoms with Crippen molar-refractivity contribution in [2.45, 2.75) is 36.5 Å². The summed E-state index contributed by atoms with van der Waals surface area (Å²) in [5.41, 5.74) is 1.49. The van der Waals surface area contributed by atoms with Gasteiger partial charge in [0.05, 0.1) is 18.2 Å². The lowest BCUT2D eigenvalue weighted by molar-refractivity contribution is 0.412. The number of aromatic nitrogens is 2. The molecule has 1 heterocycles. The highest BCUT2D eigenvalue weighted by Crippen LogP contribution is 2.72. The molecule has 1 aromatic heterocycles. The molecule has 2 aromatic rings. The molecule has 2 fully saturated rings. The number of nitrogens with zero attached hydrogens (tertiary/aromatic N) is 2. The Kier molecular flexibility index (Phi) is 4.55. The maximum atomic E-state index is 11.5. The zero-order valence-corrected chi connectivity index (χ0v) is 16.1. The van der Waals surface area contributed by atoms with E-state index in [-0.39, 0.29) is 4.90 Å². The average molecular weight is 388 g/mol. The molecule has 1 spiro atoms. The summed E-state index contributed by atoms with van der Waals surface area (Å²) >= 11 is 0. The molecule has 144 valence electrons. The van der Waals surface area contributed by atoms with Gasteiger partial charge in [-0.2, -0.15) is 0 Å². The molecule has 4 rings (SSSR count). The second kappa shape index (κ2) is 6.76. The predicted molar refractivity (Wildman–Crippen MR) is 102 cm³/mol. The van der Waals surface area contributed by atoms with Gasteiger partial charge in [-0.15, -0.1) is 0 Å². The van der Waals surface area contributed by atoms with E-state index in [0.717, 1.165) is 6.54 Å². The number of hydrogen-bond donors (Lipinski definition) is 2. The number of hydrogen-bond acceptors (Lipinski definition) is 6. The van der Waals surface area contributed by atoms with Gasteiger partial charge in [-0.25, -0.2) is 23.5 Å². The van der Waals surface area contributed by atoms with Crippen LogP contribution in [0.15, 0.2) is 41.7 Å². The lowest BCUT2D eigenvalue weighted by Crippen LogP contribution is -2.12. The van der Waals surface area contributed by atoms with Crippen LogP contribution in [0.1, 0.15) is 37.2 Å². The Morgan fingerprint density at radius 1 is 1.26 bits per heavy atom. The molecular formula is C19H24N4O3S. The molecule has 1 aromatic carbocycles. The maximum Gasteiger partial charge on any atom is 0.238 e. The standard InChI is InChI=1S/C19H24N4O3S/c1-26-16-11-21-12-23-18(16)22-10-15-17(19(15)8-2-3-9-19)13-4-6-14(7-5-13)27(20,24)25/h4-7,11-12,15,17H,2-3,8-10H2,1H3,(H2,20,24,25)(H,21,22,23). The highest BCUT2D eigenvalue weighted by molar-refractivity contribution is 7.89. The first kappa shape index (κ1) is 18.2. The van der Waals surface area contributed by atoms with Crippen LogP contribution < -0.4 is 15.2 Å². The molecule has 2 aliphatic rings. The molecule has 0 aliphatic heterocycles. The summed E-state index contributed by atoms with van der Waals surface area (Å²) in [6.07, 6.45) is 8.07. The quantitative estimate of drug-likeness (QED) is 0.787. The van der Waals surface area contributed by atoms with Gasteiger partial charge in [0.25, 0.3) is 0 Å². The molecule has 7 nitrogen and oxygen atoms in total. The third-order valence-electron chi connectivity index (χ3n) is 6.14. The summed E-state index contributed by atoms with van der Waals surface area (Å²) < 4.78 is 28.3. The molecule has 0 bridgehead atoms. The molecule has 27 heavy (non-hydrogen) atoms. The predicted octanol–water partition coefficient (Wildman–Crippen LogP) is 2.52. The lowest BCUT2D eigenvalue weighted by atomic mass is 9.97. The minimum absolute atomic E-state index is 0.160. The Balaban J connectivity index is 1.53. The van der Waals surface area contributed by atoms with E-state index >= 15 is 0 Å². The van der Waals surface area contributed by atoms with Crippen LogP contribution >= 0.6 is 0 Å². The molecular weight excluding hydrogens is 364 g/mol. The minimum Gasteiger partial charge on any atom is -0.491 e. The van der Waals surface area contributed by atoms with Crippen molar-refractivity contribution in [1.82, 2.24) is 9.97 Å². The zero-order valence-electron chi connectivity index (χ0n) is 15.3. The zero-order chi connectivity index (χ0) is 19.1. The molecule has 8 heteroatoms. The van der Waals surface area contributed by atoms with E-state index in [0.29, 0.717) is 28.8 Å². The van der Waals surface area contributed by atoms with Crippen molar-refractivity contribution in [2.75, 3.05) is 19.0 Å². The van der Waals surface area contributed by atoms with E-state index in [1.807, 2.05) is 12.1 Å². The fraction of sp³-hybridized carbons (Fsp3) is 0.474. The molecule has 2 atom stereocenters. The van der Waals surface area contributed by atoms with Gasteiger partial charge in [-0.05, 0) is 47.8 Å². The molecule has 2 unspecified atom stereocenters. The van der Waals surface area contributed by atoms with Gasteiger partial charge in [0.1, 0.15) is 6.33 Å². The molecule has 0 amide bonds. The maximum absolute atomic E-state index is 11.5. The third-order valence-corrected chi connectivity index (χ3v) is 7.07. The summed E-state index contributed by atoms with van der Waals surface area (Å²) in [4.78, 5) is 8.42. The highest BCUT2D eigenvalue weighted by Gasteiger charge is 2.64. The normalized spacial score (nSPS) is 23.3. The Bertz CT molecular complexity index is 924. The van der Waals surface area contributed by atoms with Crippen LogP contribution in [0.25, 0.3) is 0 Å². The second-order valence-electron chi connectivity index (χ2n) is 7.46. The Labute approximate surface area is 159 Å². The number of methoxy groups -OCH3 is 1. The highest BCUT2D eigenvalue weighted by atomic mass is 32.2. The van der Waals surface area contributed by atoms with Crippen molar-refractivity contribution in [3.05, 3.63) is 42.4 Å². The van der Waals surface area contributed by atoms with Gasteiger partial charge in [-0.1, -0.05) is 25.0 Å². The number of nitrogens with one attached hydrogen (secondary N) is 1. The summed E-state index contributed by atoms with van der Waals surface area (Å²) in [6, 6.07) is 7.05. The minimum atomic E-state index is -3.66. The number of rotatable bonds is 6. The van der Waals surface area contributed by atoms with Gasteiger partial charge >= 0.3 is 0 Å². The Morgan fingerprint density at radius 2 is 1.96 bits per heavy atom. The van der Waals surface area contributed by atoms with Crippen molar-refractivity contribution in [2.24, 2.45) is 16.5 Å². The summed E-state index contributed by atoms with van der Waals surface area (Å²) in [7, 11) is -2.05. The Hall–Kier alpha value is -2.19. The van der Waals surface area contributed by atoms with Crippen LogP contribution in [0, 0.1) is 11.3 Å². The number of primary sulfonamides is 1. The number of benzene rings is 1. The van der Waals surface area contributed by atoms with Crippen molar-refractivity contribution in [3.8, 4) is 5.75 Å². The molecule has 0 radical (unpaired) electrons. The van der Waals surface area contributed by atoms with Crippen molar-refractivity contribution in [3.63, 3.8) is 0 Å². The first-order valence-corrected chi connectivity index (χ1v) is 10.7. The van der Waals surface area contributed by atoms with Gasteiger partial charge in [0, 0.05) is 6.54 Å². The fourth-order valence-corrected chi connectivity index (χ4v) is 5.36. The monoisotopic (exact) mass is 388 g/mol. The summed E-state index contributed by atoms with van der Waals surface area (Å²) in [6.45, 7) is 0.801. The number of sulfonamides is 1. The fourth-order valence-electron chi connectivity index (χ4n) is 4.85. The molecule has 2 aliphatic carbocycles. The van der Waals surface area contributed by atoms with E-state index in [1.165, 1.54) is 37.6 Å². The van der Waals surface area contributed by atoms with Crippen molar-refractivity contribution < 1.29 is 13.2 Å². The number of ether oxygens (including phenoxy) is 1. The second-order valence-corrected chi connectivity index (χ2v) is 9.02. The molecule has 0 saturated heterocycles. The molecule has 2 saturated carbocycles. The van der Waals surface area contributed by atoms with E-state index in [9.17, 15) is 8.42 Å². The van der Waals surface area contributed by atoms with Crippen LogP contribution in [0.5, 0.6) is 5.75 Å². The SMILES string of the molecule is COc1cncnc1NCC1C(c2ccc(S(N)(=O)=O)cc2)C12CCCC2. The number of anilines is 1. The smallest absolute Gasteiger partial charge is 0.238 e. The number of nitrogens with two attached hydrogens (primary N) is 1. The van der Waals surface area contributed by atoms with Crippen LogP contribution in [-0.2, 0) is 10.0 Å². The topological polar surface area (TPSA) is 107 Å². The van der Waals surface area contributed by atoms with Crippen LogP contribution in [0.3, 0.4) is 0 Å². The Morgan fingerprint density at radius 3 is 2.59 bits per heavy atom. The van der Waals surface area contributed by atoms with Crippen LogP contribution in [0.2, 0.25) is 0 Å². The van der Waals surface area contributed by atoms with Crippen molar-refractivity contribution >= 4 is 15.8 Å². The van der Waals surface area contributed by atoms with Crippen LogP contribution in [0.4, 0.5) is 5.82 Å². The molecule has 3 N–H and O–H groups in total. The van der Waals surface area contributed by atoms with Crippen LogP contribution in [-0.4, -0.2) is 32.0 Å². The first-order chi connectivity index (χ1) is 13.0. The van der Waals surface area contributed by atoms with Crippen molar-refractivity contribution in [1.29, 1.82) is 0 Å². The largest absolute Gasteiger partial charge is 0.491 e. The summed E-state index contributed by atoms with van der Waals surface area (Å²) in [5.74, 6) is 2.25.